The second kappa shape index (κ2) is 11.3. The molecule has 1 aromatic carbocycles. The number of aromatic nitrogens is 3. The van der Waals surface area contributed by atoms with E-state index in [9.17, 15) is 18.4 Å². The lowest BCUT2D eigenvalue weighted by atomic mass is 9.82. The van der Waals surface area contributed by atoms with Crippen molar-refractivity contribution in [3.05, 3.63) is 41.3 Å². The predicted octanol–water partition coefficient (Wildman–Crippen LogP) is 4.06. The zero-order valence-corrected chi connectivity index (χ0v) is 22.0. The summed E-state index contributed by atoms with van der Waals surface area (Å²) in [6, 6.07) is 4.16. The van der Waals surface area contributed by atoms with Crippen molar-refractivity contribution in [2.24, 2.45) is 11.8 Å². The van der Waals surface area contributed by atoms with Crippen LogP contribution >= 0.6 is 0 Å². The van der Waals surface area contributed by atoms with Crippen LogP contribution in [0.25, 0.3) is 22.3 Å². The number of aryl methyl sites for hydroxylation is 1. The topological polar surface area (TPSA) is 129 Å². The van der Waals surface area contributed by atoms with Gasteiger partial charge in [-0.2, -0.15) is 0 Å². The average molecular weight is 542 g/mol. The molecular weight excluding hydrogens is 508 g/mol. The van der Waals surface area contributed by atoms with Gasteiger partial charge in [0.1, 0.15) is 29.9 Å². The Morgan fingerprint density at radius 2 is 1.97 bits per heavy atom. The molecule has 3 aromatic rings. The van der Waals surface area contributed by atoms with Crippen LogP contribution in [-0.2, 0) is 4.79 Å². The highest BCUT2D eigenvalue weighted by Gasteiger charge is 2.31. The highest BCUT2D eigenvalue weighted by molar-refractivity contribution is 6.09. The lowest BCUT2D eigenvalue weighted by Crippen LogP contribution is -2.48. The van der Waals surface area contributed by atoms with E-state index >= 15 is 0 Å². The van der Waals surface area contributed by atoms with Crippen LogP contribution in [-0.4, -0.2) is 57.2 Å². The number of alkyl halides is 2. The van der Waals surface area contributed by atoms with Gasteiger partial charge in [0.05, 0.1) is 17.7 Å². The van der Waals surface area contributed by atoms with Gasteiger partial charge < -0.3 is 25.5 Å². The third-order valence-electron chi connectivity index (χ3n) is 7.68. The molecule has 5 rings (SSSR count). The molecule has 2 saturated carbocycles. The fourth-order valence-electron chi connectivity index (χ4n) is 5.34. The van der Waals surface area contributed by atoms with Crippen LogP contribution in [0, 0.1) is 18.8 Å². The minimum Gasteiger partial charge on any atom is -0.493 e. The Morgan fingerprint density at radius 3 is 2.67 bits per heavy atom. The maximum Gasteiger partial charge on any atom is 0.263 e. The Hall–Kier alpha value is -3.60. The fourth-order valence-corrected chi connectivity index (χ4v) is 5.34. The molecule has 0 unspecified atom stereocenters. The van der Waals surface area contributed by atoms with Gasteiger partial charge in [0.15, 0.2) is 0 Å². The summed E-state index contributed by atoms with van der Waals surface area (Å²) in [5.74, 6) is 0.367. The number of halogens is 2. The number of aromatic amines is 1. The molecule has 208 valence electrons. The van der Waals surface area contributed by atoms with Gasteiger partial charge in [0, 0.05) is 28.9 Å². The fraction of sp³-hybridized carbons (Fsp3) is 0.500. The number of rotatable bonds is 9. The molecule has 2 fully saturated rings. The average Bonchev–Trinajstić information content (AvgIpc) is 3.68. The van der Waals surface area contributed by atoms with Gasteiger partial charge >= 0.3 is 0 Å². The van der Waals surface area contributed by atoms with E-state index in [4.69, 9.17) is 9.84 Å². The minimum atomic E-state index is -2.65. The number of ether oxygens (including phenoxy) is 1. The summed E-state index contributed by atoms with van der Waals surface area (Å²) in [5.41, 5.74) is 2.52. The van der Waals surface area contributed by atoms with Gasteiger partial charge in [0.25, 0.3) is 12.3 Å². The number of hydrogen-bond acceptors (Lipinski definition) is 6. The molecule has 2 amide bonds. The number of carbonyl (C=O) groups is 2. The first kappa shape index (κ1) is 27.0. The van der Waals surface area contributed by atoms with Crippen molar-refractivity contribution >= 4 is 22.8 Å². The molecule has 39 heavy (non-hydrogen) atoms. The molecule has 0 bridgehead atoms. The van der Waals surface area contributed by atoms with Crippen molar-refractivity contribution in [1.82, 2.24) is 25.6 Å². The maximum absolute atomic E-state index is 13.6. The molecule has 3 atom stereocenters. The molecule has 4 N–H and O–H groups in total. The van der Waals surface area contributed by atoms with E-state index in [1.54, 1.807) is 13.0 Å². The van der Waals surface area contributed by atoms with E-state index in [2.05, 4.69) is 25.6 Å². The Morgan fingerprint density at radius 1 is 1.18 bits per heavy atom. The van der Waals surface area contributed by atoms with Gasteiger partial charge in [-0.25, -0.2) is 18.7 Å². The van der Waals surface area contributed by atoms with E-state index in [-0.39, 0.29) is 29.5 Å². The van der Waals surface area contributed by atoms with Crippen molar-refractivity contribution in [3.8, 4) is 17.0 Å². The molecule has 0 saturated heterocycles. The molecule has 0 spiro atoms. The molecule has 2 aromatic heterocycles. The van der Waals surface area contributed by atoms with Crippen LogP contribution in [0.15, 0.2) is 24.5 Å². The van der Waals surface area contributed by atoms with Crippen molar-refractivity contribution in [2.75, 3.05) is 13.2 Å². The Kier molecular flexibility index (Phi) is 7.79. The zero-order chi connectivity index (χ0) is 27.7. The molecule has 0 radical (unpaired) electrons. The number of hydrogen-bond donors (Lipinski definition) is 4. The molecule has 9 nitrogen and oxygen atoms in total. The summed E-state index contributed by atoms with van der Waals surface area (Å²) in [5, 5.41) is 14.9. The number of benzene rings is 1. The standard InChI is InChI=1S/C28H33F2N5O4/c1-14-9-18(6-7-20(14)35-22(37)11-36)34-28(38)23-15(2)33-26-24(31-13-32-25(23)26)19-10-17(27(29)30)5-8-21(19)39-12-16-3-4-16/h5,8,10,13-14,16,18,20,27,33,36H,3-4,6-7,9,11-12H2,1-2H3,(H,34,38)(H,35,37)/t14-,18-,20-/m1/s1. The monoisotopic (exact) mass is 541 g/mol. The maximum atomic E-state index is 13.6. The number of amides is 2. The van der Waals surface area contributed by atoms with Crippen molar-refractivity contribution in [1.29, 1.82) is 0 Å². The van der Waals surface area contributed by atoms with Gasteiger partial charge in [-0.15, -0.1) is 0 Å². The Labute approximate surface area is 224 Å². The number of aliphatic hydroxyl groups is 1. The highest BCUT2D eigenvalue weighted by atomic mass is 19.3. The van der Waals surface area contributed by atoms with Gasteiger partial charge in [0.2, 0.25) is 5.91 Å². The lowest BCUT2D eigenvalue weighted by molar-refractivity contribution is -0.125. The normalized spacial score (nSPS) is 21.2. The van der Waals surface area contributed by atoms with E-state index in [0.717, 1.165) is 12.8 Å². The van der Waals surface area contributed by atoms with E-state index in [1.165, 1.54) is 18.5 Å². The van der Waals surface area contributed by atoms with Crippen LogP contribution in [0.2, 0.25) is 0 Å². The molecule has 11 heteroatoms. The first-order valence-electron chi connectivity index (χ1n) is 13.3. The SMILES string of the molecule is Cc1[nH]c2c(-c3cc(C(F)F)ccc3OCC3CC3)ncnc2c1C(=O)N[C@@H]1CC[C@@H](NC(=O)CO)[C@H](C)C1. The summed E-state index contributed by atoms with van der Waals surface area (Å²) in [6.07, 6.45) is 2.89. The summed E-state index contributed by atoms with van der Waals surface area (Å²) < 4.78 is 33.2. The molecule has 2 aliphatic rings. The smallest absolute Gasteiger partial charge is 0.263 e. The predicted molar refractivity (Wildman–Crippen MR) is 141 cm³/mol. The van der Waals surface area contributed by atoms with Crippen LogP contribution in [0.4, 0.5) is 8.78 Å². The van der Waals surface area contributed by atoms with E-state index < -0.39 is 18.9 Å². The van der Waals surface area contributed by atoms with Gasteiger partial charge in [-0.1, -0.05) is 6.92 Å². The zero-order valence-electron chi connectivity index (χ0n) is 22.0. The quantitative estimate of drug-likeness (QED) is 0.323. The summed E-state index contributed by atoms with van der Waals surface area (Å²) in [6.45, 7) is 3.74. The summed E-state index contributed by atoms with van der Waals surface area (Å²) in [7, 11) is 0. The second-order valence-electron chi connectivity index (χ2n) is 10.7. The molecule has 0 aliphatic heterocycles. The number of aliphatic hydroxyl groups excluding tert-OH is 1. The number of carbonyl (C=O) groups excluding carboxylic acids is 2. The summed E-state index contributed by atoms with van der Waals surface area (Å²) in [4.78, 5) is 37.0. The van der Waals surface area contributed by atoms with Crippen LogP contribution in [0.5, 0.6) is 5.75 Å². The number of fused-ring (bicyclic) bond motifs is 1. The van der Waals surface area contributed by atoms with Crippen molar-refractivity contribution < 1.29 is 28.2 Å². The van der Waals surface area contributed by atoms with E-state index in [1.807, 2.05) is 6.92 Å². The third kappa shape index (κ3) is 5.88. The van der Waals surface area contributed by atoms with Crippen molar-refractivity contribution in [2.45, 2.75) is 64.5 Å². The van der Waals surface area contributed by atoms with Crippen molar-refractivity contribution in [3.63, 3.8) is 0 Å². The summed E-state index contributed by atoms with van der Waals surface area (Å²) >= 11 is 0. The van der Waals surface area contributed by atoms with Crippen LogP contribution in [0.1, 0.15) is 67.1 Å². The van der Waals surface area contributed by atoms with Gasteiger partial charge in [-0.3, -0.25) is 9.59 Å². The number of H-pyrrole nitrogens is 1. The Balaban J connectivity index is 1.41. The molecule has 2 aliphatic carbocycles. The van der Waals surface area contributed by atoms with E-state index in [0.29, 0.717) is 71.1 Å². The van der Waals surface area contributed by atoms with Gasteiger partial charge in [-0.05, 0) is 69.1 Å². The minimum absolute atomic E-state index is 0.0525. The largest absolute Gasteiger partial charge is 0.493 e. The molecule has 2 heterocycles. The number of nitrogens with one attached hydrogen (secondary N) is 3. The lowest BCUT2D eigenvalue weighted by Gasteiger charge is -2.34. The van der Waals surface area contributed by atoms with Crippen LogP contribution in [0.3, 0.4) is 0 Å². The first-order chi connectivity index (χ1) is 18.7. The Bertz CT molecular complexity index is 1370. The molecular formula is C28H33F2N5O4. The third-order valence-corrected chi connectivity index (χ3v) is 7.68. The second-order valence-corrected chi connectivity index (χ2v) is 10.7. The van der Waals surface area contributed by atoms with Crippen LogP contribution < -0.4 is 15.4 Å². The first-order valence-corrected chi connectivity index (χ1v) is 13.3. The highest BCUT2D eigenvalue weighted by Crippen LogP contribution is 2.38. The number of nitrogens with zero attached hydrogens (tertiary/aromatic N) is 2.